The SMILES string of the molecule is Cn1c(=O)c2cc(F)c(-c3cnc(C(C)(C)O)nc3)cc2n1Cc1cc(N)ccc1Cl.Cn1c(=O)c2cc(F)c(-c3cnc(C(C)(C)O)nc3)cc2n1Cc1cc(NCc2ccccn2)ccc1Cl.Cn1c(=O)c2cc(F)c(-c3cnc(C(C)(C)O)nc3)cc2n1Cc1cc([N+](=O)[O-])ccc1Cl.O=[N+]([O-])c1ccc(Cl)c(CO)c1. The van der Waals surface area contributed by atoms with Gasteiger partial charge in [0, 0.05) is 159 Å². The van der Waals surface area contributed by atoms with Crippen molar-refractivity contribution < 1.29 is 43.4 Å². The summed E-state index contributed by atoms with van der Waals surface area (Å²) in [4.78, 5) is 88.0. The van der Waals surface area contributed by atoms with Crippen molar-refractivity contribution in [1.29, 1.82) is 0 Å². The molecule has 7 aromatic carbocycles. The molecule has 14 aromatic rings. The number of nitro groups is 2. The van der Waals surface area contributed by atoms with Crippen LogP contribution < -0.4 is 27.7 Å². The largest absolute Gasteiger partial charge is 0.399 e. The lowest BCUT2D eigenvalue weighted by Gasteiger charge is -2.15. The van der Waals surface area contributed by atoms with Crippen molar-refractivity contribution in [2.24, 2.45) is 21.1 Å². The zero-order chi connectivity index (χ0) is 82.7. The number of fused-ring (bicyclic) bond motifs is 3. The summed E-state index contributed by atoms with van der Waals surface area (Å²) >= 11 is 24.7. The molecule has 14 rings (SSSR count). The molecule has 7 heterocycles. The lowest BCUT2D eigenvalue weighted by Crippen LogP contribution is -2.19. The number of benzene rings is 7. The topological polar surface area (TPSA) is 376 Å². The van der Waals surface area contributed by atoms with E-state index in [1.54, 1.807) is 98.4 Å². The number of halogens is 7. The zero-order valence-electron chi connectivity index (χ0n) is 62.3. The average Bonchev–Trinajstić information content (AvgIpc) is 1.62. The maximum absolute atomic E-state index is 15.1. The summed E-state index contributed by atoms with van der Waals surface area (Å²) in [5.41, 5.74) is 8.92. The number of non-ortho nitro benzene ring substituents is 2. The molecule has 0 aliphatic heterocycles. The van der Waals surface area contributed by atoms with Crippen molar-refractivity contribution in [3.63, 3.8) is 0 Å². The van der Waals surface area contributed by atoms with Crippen LogP contribution in [0.15, 0.2) is 185 Å². The maximum atomic E-state index is 15.1. The minimum absolute atomic E-state index is 0.0506. The van der Waals surface area contributed by atoms with Crippen LogP contribution in [0.4, 0.5) is 35.9 Å². The van der Waals surface area contributed by atoms with Crippen LogP contribution in [-0.4, -0.2) is 93.3 Å². The number of aliphatic hydroxyl groups excluding tert-OH is 1. The highest BCUT2D eigenvalue weighted by Crippen LogP contribution is 2.34. The van der Waals surface area contributed by atoms with E-state index >= 15 is 4.39 Å². The molecule has 0 saturated carbocycles. The average molecular weight is 1630 g/mol. The Hall–Kier alpha value is -12.1. The van der Waals surface area contributed by atoms with E-state index in [0.717, 1.165) is 28.6 Å². The Morgan fingerprint density at radius 3 is 1.13 bits per heavy atom. The van der Waals surface area contributed by atoms with Crippen molar-refractivity contribution in [3.05, 3.63) is 305 Å². The smallest absolute Gasteiger partial charge is 0.274 e. The van der Waals surface area contributed by atoms with Gasteiger partial charge in [0.15, 0.2) is 17.5 Å². The van der Waals surface area contributed by atoms with Gasteiger partial charge in [0.2, 0.25) is 0 Å². The molecular weight excluding hydrogens is 1560 g/mol. The summed E-state index contributed by atoms with van der Waals surface area (Å²) in [6.07, 6.45) is 10.4. The normalized spacial score (nSPS) is 11.6. The summed E-state index contributed by atoms with van der Waals surface area (Å²) in [5, 5.41) is 66.0. The van der Waals surface area contributed by atoms with Crippen LogP contribution in [-0.2, 0) is 70.7 Å². The molecule has 0 saturated heterocycles. The fourth-order valence-corrected chi connectivity index (χ4v) is 12.8. The molecule has 0 spiro atoms. The van der Waals surface area contributed by atoms with E-state index in [0.29, 0.717) is 76.7 Å². The van der Waals surface area contributed by atoms with Crippen molar-refractivity contribution in [2.45, 2.75) is 91.1 Å². The first-order chi connectivity index (χ1) is 53.8. The summed E-state index contributed by atoms with van der Waals surface area (Å²) in [6, 6.07) is 32.8. The lowest BCUT2D eigenvalue weighted by atomic mass is 10.1. The molecule has 0 aliphatic carbocycles. The van der Waals surface area contributed by atoms with Gasteiger partial charge in [-0.3, -0.25) is 67.7 Å². The molecule has 0 unspecified atom stereocenters. The fourth-order valence-electron chi connectivity index (χ4n) is 12.1. The highest BCUT2D eigenvalue weighted by atomic mass is 35.5. The van der Waals surface area contributed by atoms with Gasteiger partial charge in [-0.25, -0.2) is 43.1 Å². The highest BCUT2D eigenvalue weighted by molar-refractivity contribution is 6.32. The van der Waals surface area contributed by atoms with Crippen LogP contribution in [0.25, 0.3) is 66.1 Å². The molecular formula is C79H72Cl4F3N17O11. The van der Waals surface area contributed by atoms with Gasteiger partial charge in [0.1, 0.15) is 34.3 Å². The highest BCUT2D eigenvalue weighted by Gasteiger charge is 2.26. The van der Waals surface area contributed by atoms with Crippen molar-refractivity contribution in [3.8, 4) is 33.4 Å². The summed E-state index contributed by atoms with van der Waals surface area (Å²) in [5.74, 6) is -1.12. The van der Waals surface area contributed by atoms with Gasteiger partial charge in [0.25, 0.3) is 28.1 Å². The van der Waals surface area contributed by atoms with Crippen LogP contribution in [0.5, 0.6) is 0 Å². The quantitative estimate of drug-likeness (QED) is 0.0264. The third-order valence-electron chi connectivity index (χ3n) is 18.2. The number of nitrogens with one attached hydrogen (secondary N) is 1. The van der Waals surface area contributed by atoms with Gasteiger partial charge >= 0.3 is 0 Å². The fraction of sp³-hybridized carbons (Fsp3) is 0.215. The van der Waals surface area contributed by atoms with E-state index in [-0.39, 0.29) is 99.1 Å². The van der Waals surface area contributed by atoms with Crippen molar-refractivity contribution in [1.82, 2.24) is 63.0 Å². The number of hydrogen-bond donors (Lipinski definition) is 6. The van der Waals surface area contributed by atoms with E-state index in [1.807, 2.05) is 30.3 Å². The molecule has 0 bridgehead atoms. The van der Waals surface area contributed by atoms with Gasteiger partial charge in [0.05, 0.1) is 81.0 Å². The van der Waals surface area contributed by atoms with Crippen LogP contribution >= 0.6 is 46.4 Å². The number of aliphatic hydroxyl groups is 4. The number of anilines is 2. The van der Waals surface area contributed by atoms with Gasteiger partial charge in [-0.2, -0.15) is 0 Å². The van der Waals surface area contributed by atoms with E-state index < -0.39 is 49.7 Å². The first kappa shape index (κ1) is 82.9. The predicted octanol–water partition coefficient (Wildman–Crippen LogP) is 13.8. The molecule has 0 aliphatic rings. The van der Waals surface area contributed by atoms with Gasteiger partial charge in [-0.1, -0.05) is 52.5 Å². The molecule has 0 radical (unpaired) electrons. The van der Waals surface area contributed by atoms with Crippen LogP contribution in [0.1, 0.15) is 87.0 Å². The van der Waals surface area contributed by atoms with Crippen molar-refractivity contribution >= 4 is 102 Å². The van der Waals surface area contributed by atoms with E-state index in [2.05, 4.69) is 40.2 Å². The number of nitrogens with zero attached hydrogens (tertiary/aromatic N) is 15. The van der Waals surface area contributed by atoms with Crippen LogP contribution in [0.2, 0.25) is 20.1 Å². The molecule has 588 valence electrons. The Morgan fingerprint density at radius 1 is 0.456 bits per heavy atom. The Balaban J connectivity index is 0.000000158. The summed E-state index contributed by atoms with van der Waals surface area (Å²) in [6.45, 7) is 10.2. The number of rotatable bonds is 18. The van der Waals surface area contributed by atoms with E-state index in [1.165, 1.54) is 127 Å². The Labute approximate surface area is 666 Å². The van der Waals surface area contributed by atoms with Gasteiger partial charge < -0.3 is 31.5 Å². The number of nitrogen functional groups attached to an aromatic ring is 1. The maximum Gasteiger partial charge on any atom is 0.274 e. The molecule has 35 heteroatoms. The Kier molecular flexibility index (Phi) is 24.5. The molecule has 0 fully saturated rings. The molecule has 28 nitrogen and oxygen atoms in total. The van der Waals surface area contributed by atoms with Crippen molar-refractivity contribution in [2.75, 3.05) is 11.1 Å². The van der Waals surface area contributed by atoms with Crippen LogP contribution in [0.3, 0.4) is 0 Å². The predicted molar refractivity (Wildman–Crippen MR) is 429 cm³/mol. The standard InChI is InChI=1S/C28H26ClFN6O2.C22H19ClFN5O4.C22H21ClFN5O2.C7H6ClNO3/c1-28(2,38)27-33-13-18(14-34-27)21-12-25-22(11-24(21)30)26(37)35(3)36(25)16-17-10-19(7-8-23(17)29)32-15-20-6-4-5-9-31-20;1-22(2,31)21-25-9-13(10-26-21)15-8-19-16(7-18(15)24)20(30)27(3)28(19)11-12-6-14(29(32)33)4-5-17(12)23;1-22(2,31)21-26-9-13(10-27-21)15-8-19-16(7-18(15)24)20(30)28(3)29(19)11-12-6-14(25)4-5-17(12)23;8-7-2-1-6(9(11)12)3-5(7)4-10/h4-14,32,38H,15-16H2,1-3H3;4-10,31H,11H2,1-3H3;4-10,31H,11,25H2,1-3H3;1-3,10H,4H2. The molecule has 0 atom stereocenters. The molecule has 0 amide bonds. The number of aromatic nitrogens is 13. The zero-order valence-corrected chi connectivity index (χ0v) is 65.3. The summed E-state index contributed by atoms with van der Waals surface area (Å²) in [7, 11) is 4.77. The second-order valence-corrected chi connectivity index (χ2v) is 29.5. The third-order valence-corrected chi connectivity index (χ3v) is 19.7. The minimum atomic E-state index is -1.25. The second kappa shape index (κ2) is 33.7. The van der Waals surface area contributed by atoms with Gasteiger partial charge in [-0.05, 0) is 155 Å². The lowest BCUT2D eigenvalue weighted by molar-refractivity contribution is -0.385. The number of pyridine rings is 1. The minimum Gasteiger partial charge on any atom is -0.399 e. The monoisotopic (exact) mass is 1630 g/mol. The molecule has 7 aromatic heterocycles. The second-order valence-electron chi connectivity index (χ2n) is 27.8. The Morgan fingerprint density at radius 2 is 0.789 bits per heavy atom. The number of nitro benzene ring substituents is 2. The third kappa shape index (κ3) is 18.3. The first-order valence-electron chi connectivity index (χ1n) is 34.6. The van der Waals surface area contributed by atoms with Gasteiger partial charge in [-0.15, -0.1) is 0 Å². The molecule has 114 heavy (non-hydrogen) atoms. The number of nitrogens with two attached hydrogens (primary N) is 1. The summed E-state index contributed by atoms with van der Waals surface area (Å²) < 4.78 is 54.2. The number of hydrogen-bond acceptors (Lipinski definition) is 20. The van der Waals surface area contributed by atoms with Crippen LogP contribution in [0, 0.1) is 37.7 Å². The molecule has 7 N–H and O–H groups in total. The van der Waals surface area contributed by atoms with E-state index in [4.69, 9.17) is 57.2 Å². The first-order valence-corrected chi connectivity index (χ1v) is 36.1. The van der Waals surface area contributed by atoms with E-state index in [9.17, 15) is 58.7 Å². The Bertz CT molecular complexity index is 6200.